The molecule has 0 aromatic carbocycles. The van der Waals surface area contributed by atoms with Gasteiger partial charge in [-0.15, -0.1) is 11.8 Å². The summed E-state index contributed by atoms with van der Waals surface area (Å²) < 4.78 is 0. The van der Waals surface area contributed by atoms with Gasteiger partial charge in [-0.05, 0) is 30.4 Å². The molecule has 2 rings (SSSR count). The summed E-state index contributed by atoms with van der Waals surface area (Å²) >= 11 is 1.90. The second-order valence-corrected chi connectivity index (χ2v) is 5.96. The average molecular weight is 250 g/mol. The number of nitrogens with one attached hydrogen (secondary N) is 1. The molecule has 94 valence electrons. The molecule has 0 radical (unpaired) electrons. The van der Waals surface area contributed by atoms with Crippen LogP contribution in [0.2, 0.25) is 0 Å². The molecular formula is C14H22N2S. The summed E-state index contributed by atoms with van der Waals surface area (Å²) in [5.74, 6) is 1.94. The fourth-order valence-electron chi connectivity index (χ4n) is 1.57. The largest absolute Gasteiger partial charge is 0.310 e. The Bertz CT molecular complexity index is 350. The highest BCUT2D eigenvalue weighted by Crippen LogP contribution is 2.25. The van der Waals surface area contributed by atoms with E-state index >= 15 is 0 Å². The van der Waals surface area contributed by atoms with Crippen LogP contribution in [0.25, 0.3) is 0 Å². The van der Waals surface area contributed by atoms with Gasteiger partial charge in [-0.3, -0.25) is 0 Å². The predicted molar refractivity (Wildman–Crippen MR) is 74.3 cm³/mol. The molecule has 0 bridgehead atoms. The lowest BCUT2D eigenvalue weighted by atomic mass is 10.2. The van der Waals surface area contributed by atoms with Crippen LogP contribution in [0.4, 0.5) is 0 Å². The molecular weight excluding hydrogens is 228 g/mol. The van der Waals surface area contributed by atoms with E-state index in [0.29, 0.717) is 0 Å². The molecule has 1 saturated carbocycles. The third-order valence-electron chi connectivity index (χ3n) is 3.21. The lowest BCUT2D eigenvalue weighted by molar-refractivity contribution is 0.635. The molecule has 1 aromatic heterocycles. The van der Waals surface area contributed by atoms with Crippen molar-refractivity contribution in [3.05, 3.63) is 23.9 Å². The van der Waals surface area contributed by atoms with Gasteiger partial charge in [-0.2, -0.15) is 0 Å². The zero-order valence-electron chi connectivity index (χ0n) is 10.8. The summed E-state index contributed by atoms with van der Waals surface area (Å²) in [7, 11) is 0. The molecule has 1 atom stereocenters. The van der Waals surface area contributed by atoms with Gasteiger partial charge in [0.25, 0.3) is 0 Å². The smallest absolute Gasteiger partial charge is 0.100 e. The Morgan fingerprint density at radius 1 is 1.53 bits per heavy atom. The number of pyridine rings is 1. The Hall–Kier alpha value is -0.540. The molecule has 0 spiro atoms. The standard InChI is InChI=1S/C14H22N2S/c1-3-11(2)10-17-14-12(5-4-8-15-14)9-16-13-6-7-13/h4-5,8,11,13,16H,3,6-7,9-10H2,1-2H3. The van der Waals surface area contributed by atoms with Gasteiger partial charge in [0.1, 0.15) is 5.03 Å². The number of hydrogen-bond donors (Lipinski definition) is 1. The predicted octanol–water partition coefficient (Wildman–Crippen LogP) is 3.47. The Labute approximate surface area is 109 Å². The molecule has 1 aliphatic rings. The first kappa shape index (κ1) is 12.9. The molecule has 1 fully saturated rings. The van der Waals surface area contributed by atoms with Crippen LogP contribution in [-0.2, 0) is 6.54 Å². The van der Waals surface area contributed by atoms with Crippen LogP contribution in [0.15, 0.2) is 23.4 Å². The maximum absolute atomic E-state index is 4.51. The van der Waals surface area contributed by atoms with Gasteiger partial charge in [0.15, 0.2) is 0 Å². The number of nitrogens with zero attached hydrogens (tertiary/aromatic N) is 1. The van der Waals surface area contributed by atoms with Crippen LogP contribution in [0.1, 0.15) is 38.7 Å². The van der Waals surface area contributed by atoms with Gasteiger partial charge in [-0.25, -0.2) is 4.98 Å². The molecule has 0 saturated heterocycles. The Morgan fingerprint density at radius 3 is 3.06 bits per heavy atom. The van der Waals surface area contributed by atoms with Crippen molar-refractivity contribution >= 4 is 11.8 Å². The first-order chi connectivity index (χ1) is 8.29. The number of aromatic nitrogens is 1. The molecule has 3 heteroatoms. The number of thioether (sulfide) groups is 1. The maximum atomic E-state index is 4.51. The fourth-order valence-corrected chi connectivity index (χ4v) is 2.71. The highest BCUT2D eigenvalue weighted by Gasteiger charge is 2.20. The maximum Gasteiger partial charge on any atom is 0.100 e. The third kappa shape index (κ3) is 4.32. The zero-order valence-corrected chi connectivity index (χ0v) is 11.6. The molecule has 17 heavy (non-hydrogen) atoms. The van der Waals surface area contributed by atoms with E-state index in [1.54, 1.807) is 0 Å². The normalized spacial score (nSPS) is 17.1. The van der Waals surface area contributed by atoms with E-state index in [-0.39, 0.29) is 0 Å². The Balaban J connectivity index is 1.89. The van der Waals surface area contributed by atoms with E-state index in [4.69, 9.17) is 0 Å². The van der Waals surface area contributed by atoms with Crippen molar-refractivity contribution in [3.63, 3.8) is 0 Å². The molecule has 1 aromatic rings. The summed E-state index contributed by atoms with van der Waals surface area (Å²) in [6.45, 7) is 5.53. The Kier molecular flexibility index (Phi) is 4.86. The van der Waals surface area contributed by atoms with Gasteiger partial charge >= 0.3 is 0 Å². The molecule has 1 N–H and O–H groups in total. The zero-order chi connectivity index (χ0) is 12.1. The monoisotopic (exact) mass is 250 g/mol. The van der Waals surface area contributed by atoms with E-state index < -0.39 is 0 Å². The molecule has 2 nitrogen and oxygen atoms in total. The van der Waals surface area contributed by atoms with Crippen molar-refractivity contribution in [2.24, 2.45) is 5.92 Å². The summed E-state index contributed by atoms with van der Waals surface area (Å²) in [5.41, 5.74) is 1.35. The van der Waals surface area contributed by atoms with Crippen molar-refractivity contribution in [2.45, 2.75) is 50.7 Å². The Morgan fingerprint density at radius 2 is 2.35 bits per heavy atom. The van der Waals surface area contributed by atoms with E-state index in [0.717, 1.165) is 18.5 Å². The van der Waals surface area contributed by atoms with Crippen molar-refractivity contribution in [2.75, 3.05) is 5.75 Å². The number of hydrogen-bond acceptors (Lipinski definition) is 3. The molecule has 0 aliphatic heterocycles. The lowest BCUT2D eigenvalue weighted by Gasteiger charge is -2.11. The third-order valence-corrected chi connectivity index (χ3v) is 4.59. The first-order valence-corrected chi connectivity index (χ1v) is 7.58. The minimum atomic E-state index is 0.766. The summed E-state index contributed by atoms with van der Waals surface area (Å²) in [5, 5.41) is 4.77. The minimum absolute atomic E-state index is 0.766. The average Bonchev–Trinajstić information content (AvgIpc) is 3.18. The highest BCUT2D eigenvalue weighted by molar-refractivity contribution is 7.99. The van der Waals surface area contributed by atoms with Crippen molar-refractivity contribution in [3.8, 4) is 0 Å². The number of rotatable bonds is 7. The fraction of sp³-hybridized carbons (Fsp3) is 0.643. The van der Waals surface area contributed by atoms with Crippen LogP contribution < -0.4 is 5.32 Å². The van der Waals surface area contributed by atoms with Gasteiger partial charge in [0.2, 0.25) is 0 Å². The minimum Gasteiger partial charge on any atom is -0.310 e. The van der Waals surface area contributed by atoms with E-state index in [1.807, 2.05) is 24.0 Å². The van der Waals surface area contributed by atoms with E-state index in [1.165, 1.54) is 35.6 Å². The molecule has 1 aliphatic carbocycles. The summed E-state index contributed by atoms with van der Waals surface area (Å²) in [6, 6.07) is 5.00. The van der Waals surface area contributed by atoms with Crippen molar-refractivity contribution in [1.29, 1.82) is 0 Å². The SMILES string of the molecule is CCC(C)CSc1ncccc1CNC1CC1. The summed E-state index contributed by atoms with van der Waals surface area (Å²) in [4.78, 5) is 4.51. The van der Waals surface area contributed by atoms with Crippen molar-refractivity contribution in [1.82, 2.24) is 10.3 Å². The second kappa shape index (κ2) is 6.41. The highest BCUT2D eigenvalue weighted by atomic mass is 32.2. The van der Waals surface area contributed by atoms with Crippen molar-refractivity contribution < 1.29 is 0 Å². The van der Waals surface area contributed by atoms with Crippen LogP contribution in [-0.4, -0.2) is 16.8 Å². The topological polar surface area (TPSA) is 24.9 Å². The van der Waals surface area contributed by atoms with E-state index in [9.17, 15) is 0 Å². The van der Waals surface area contributed by atoms with Crippen LogP contribution in [0, 0.1) is 5.92 Å². The first-order valence-electron chi connectivity index (χ1n) is 6.59. The quantitative estimate of drug-likeness (QED) is 0.750. The van der Waals surface area contributed by atoms with Gasteiger partial charge in [0, 0.05) is 24.5 Å². The van der Waals surface area contributed by atoms with Crippen LogP contribution in [0.3, 0.4) is 0 Å². The van der Waals surface area contributed by atoms with E-state index in [2.05, 4.69) is 30.2 Å². The molecule has 0 amide bonds. The lowest BCUT2D eigenvalue weighted by Crippen LogP contribution is -2.16. The van der Waals surface area contributed by atoms with Gasteiger partial charge < -0.3 is 5.32 Å². The van der Waals surface area contributed by atoms with Gasteiger partial charge in [0.05, 0.1) is 0 Å². The molecule has 1 heterocycles. The van der Waals surface area contributed by atoms with Crippen LogP contribution in [0.5, 0.6) is 0 Å². The molecule has 1 unspecified atom stereocenters. The van der Waals surface area contributed by atoms with Crippen LogP contribution >= 0.6 is 11.8 Å². The second-order valence-electron chi connectivity index (χ2n) is 4.95. The van der Waals surface area contributed by atoms with Gasteiger partial charge in [-0.1, -0.05) is 26.3 Å². The summed E-state index contributed by atoms with van der Waals surface area (Å²) in [6.07, 6.45) is 5.83.